The molecule has 0 bridgehead atoms. The van der Waals surface area contributed by atoms with E-state index in [9.17, 15) is 9.59 Å². The number of morpholine rings is 1. The van der Waals surface area contributed by atoms with Crippen LogP contribution in [0.4, 0.5) is 0 Å². The van der Waals surface area contributed by atoms with E-state index >= 15 is 0 Å². The lowest BCUT2D eigenvalue weighted by Crippen LogP contribution is -2.48. The van der Waals surface area contributed by atoms with Gasteiger partial charge in [-0.1, -0.05) is 6.92 Å². The second-order valence-electron chi connectivity index (χ2n) is 5.00. The zero-order valence-corrected chi connectivity index (χ0v) is 12.9. The molecule has 3 atom stereocenters. The molecular weight excluding hydrogens is 266 g/mol. The summed E-state index contributed by atoms with van der Waals surface area (Å²) in [6.45, 7) is 7.06. The molecule has 0 aliphatic carbocycles. The van der Waals surface area contributed by atoms with Crippen molar-refractivity contribution in [2.75, 3.05) is 31.7 Å². The van der Waals surface area contributed by atoms with Gasteiger partial charge < -0.3 is 14.4 Å². The van der Waals surface area contributed by atoms with E-state index in [2.05, 4.69) is 4.74 Å². The minimum absolute atomic E-state index is 0.0895. The Morgan fingerprint density at radius 1 is 1.37 bits per heavy atom. The predicted octanol–water partition coefficient (Wildman–Crippen LogP) is 1.16. The van der Waals surface area contributed by atoms with Crippen molar-refractivity contribution in [2.45, 2.75) is 33.0 Å². The maximum absolute atomic E-state index is 12.0. The first kappa shape index (κ1) is 16.3. The lowest BCUT2D eigenvalue weighted by molar-refractivity contribution is -0.144. The fourth-order valence-electron chi connectivity index (χ4n) is 2.07. The van der Waals surface area contributed by atoms with E-state index in [4.69, 9.17) is 4.74 Å². The van der Waals surface area contributed by atoms with Crippen LogP contribution in [0.2, 0.25) is 0 Å². The summed E-state index contributed by atoms with van der Waals surface area (Å²) in [5.41, 5.74) is 0. The molecule has 0 N–H and O–H groups in total. The van der Waals surface area contributed by atoms with Crippen LogP contribution in [0.5, 0.6) is 0 Å². The number of nitrogens with zero attached hydrogens (tertiary/aromatic N) is 1. The third kappa shape index (κ3) is 5.40. The highest BCUT2D eigenvalue weighted by atomic mass is 32.2. The van der Waals surface area contributed by atoms with Crippen LogP contribution in [0.1, 0.15) is 20.8 Å². The lowest BCUT2D eigenvalue weighted by Gasteiger charge is -2.35. The van der Waals surface area contributed by atoms with Crippen molar-refractivity contribution in [2.24, 2.45) is 5.92 Å². The Morgan fingerprint density at radius 3 is 2.47 bits per heavy atom. The largest absolute Gasteiger partial charge is 0.469 e. The summed E-state index contributed by atoms with van der Waals surface area (Å²) in [6, 6.07) is 0. The van der Waals surface area contributed by atoms with Crippen molar-refractivity contribution in [3.63, 3.8) is 0 Å². The molecule has 0 spiro atoms. The van der Waals surface area contributed by atoms with Gasteiger partial charge in [-0.05, 0) is 13.8 Å². The smallest absolute Gasteiger partial charge is 0.309 e. The van der Waals surface area contributed by atoms with Crippen molar-refractivity contribution in [1.82, 2.24) is 4.90 Å². The van der Waals surface area contributed by atoms with Gasteiger partial charge in [0.05, 0.1) is 31.0 Å². The topological polar surface area (TPSA) is 55.8 Å². The Kier molecular flexibility index (Phi) is 6.65. The monoisotopic (exact) mass is 289 g/mol. The van der Waals surface area contributed by atoms with Gasteiger partial charge in [0, 0.05) is 18.8 Å². The van der Waals surface area contributed by atoms with E-state index in [-0.39, 0.29) is 30.0 Å². The number of ether oxygens (including phenoxy) is 2. The summed E-state index contributed by atoms with van der Waals surface area (Å²) in [6.07, 6.45) is 0.179. The number of hydrogen-bond donors (Lipinski definition) is 0. The highest BCUT2D eigenvalue weighted by Crippen LogP contribution is 2.14. The molecule has 1 aliphatic rings. The molecule has 1 heterocycles. The minimum Gasteiger partial charge on any atom is -0.469 e. The zero-order chi connectivity index (χ0) is 14.4. The molecule has 1 rings (SSSR count). The van der Waals surface area contributed by atoms with E-state index in [0.29, 0.717) is 24.6 Å². The second-order valence-corrected chi connectivity index (χ2v) is 6.03. The SMILES string of the molecule is COC(=O)C(C)CSCC(=O)N1CC(C)OC(C)C1. The third-order valence-corrected chi connectivity index (χ3v) is 4.16. The summed E-state index contributed by atoms with van der Waals surface area (Å²) in [5, 5.41) is 0. The Hall–Kier alpha value is -0.750. The van der Waals surface area contributed by atoms with Gasteiger partial charge in [0.2, 0.25) is 5.91 Å². The quantitative estimate of drug-likeness (QED) is 0.711. The average molecular weight is 289 g/mol. The number of thioether (sulfide) groups is 1. The number of hydrogen-bond acceptors (Lipinski definition) is 5. The van der Waals surface area contributed by atoms with E-state index in [0.717, 1.165) is 0 Å². The van der Waals surface area contributed by atoms with Gasteiger partial charge in [0.1, 0.15) is 0 Å². The second kappa shape index (κ2) is 7.75. The van der Waals surface area contributed by atoms with Gasteiger partial charge in [-0.3, -0.25) is 9.59 Å². The minimum atomic E-state index is -0.228. The molecule has 6 heteroatoms. The maximum atomic E-state index is 12.0. The molecule has 19 heavy (non-hydrogen) atoms. The molecule has 0 saturated carbocycles. The van der Waals surface area contributed by atoms with Crippen molar-refractivity contribution in [1.29, 1.82) is 0 Å². The number of rotatable bonds is 5. The molecule has 0 aromatic carbocycles. The highest BCUT2D eigenvalue weighted by Gasteiger charge is 2.25. The Morgan fingerprint density at radius 2 is 1.95 bits per heavy atom. The third-order valence-electron chi connectivity index (χ3n) is 2.97. The summed E-state index contributed by atoms with van der Waals surface area (Å²) >= 11 is 1.48. The van der Waals surface area contributed by atoms with Gasteiger partial charge in [0.25, 0.3) is 0 Å². The van der Waals surface area contributed by atoms with Crippen molar-refractivity contribution in [3.8, 4) is 0 Å². The molecule has 5 nitrogen and oxygen atoms in total. The molecule has 1 fully saturated rings. The van der Waals surface area contributed by atoms with Gasteiger partial charge in [0.15, 0.2) is 0 Å². The van der Waals surface area contributed by atoms with Crippen molar-refractivity contribution in [3.05, 3.63) is 0 Å². The van der Waals surface area contributed by atoms with Crippen molar-refractivity contribution < 1.29 is 19.1 Å². The average Bonchev–Trinajstić information content (AvgIpc) is 2.36. The number of carbonyl (C=O) groups excluding carboxylic acids is 2. The standard InChI is InChI=1S/C13H23NO4S/c1-9(13(16)17-4)7-19-8-12(15)14-5-10(2)18-11(3)6-14/h9-11H,5-8H2,1-4H3. The first-order valence-corrected chi connectivity index (χ1v) is 7.68. The first-order valence-electron chi connectivity index (χ1n) is 6.52. The van der Waals surface area contributed by atoms with Gasteiger partial charge >= 0.3 is 5.97 Å². The predicted molar refractivity (Wildman–Crippen MR) is 75.1 cm³/mol. The molecule has 0 aromatic rings. The summed E-state index contributed by atoms with van der Waals surface area (Å²) < 4.78 is 10.2. The zero-order valence-electron chi connectivity index (χ0n) is 12.0. The molecule has 1 aliphatic heterocycles. The van der Waals surface area contributed by atoms with E-state index < -0.39 is 0 Å². The Labute approximate surface area is 119 Å². The number of methoxy groups -OCH3 is 1. The highest BCUT2D eigenvalue weighted by molar-refractivity contribution is 7.99. The van der Waals surface area contributed by atoms with Crippen LogP contribution in [0, 0.1) is 5.92 Å². The molecule has 1 saturated heterocycles. The van der Waals surface area contributed by atoms with Crippen LogP contribution in [-0.2, 0) is 19.1 Å². The summed E-state index contributed by atoms with van der Waals surface area (Å²) in [4.78, 5) is 25.1. The number of amides is 1. The Balaban J connectivity index is 2.29. The van der Waals surface area contributed by atoms with E-state index in [1.165, 1.54) is 18.9 Å². The summed E-state index contributed by atoms with van der Waals surface area (Å²) in [5.74, 6) is 0.720. The van der Waals surface area contributed by atoms with E-state index in [1.54, 1.807) is 0 Å². The van der Waals surface area contributed by atoms with Crippen LogP contribution in [-0.4, -0.2) is 60.7 Å². The van der Waals surface area contributed by atoms with Crippen LogP contribution in [0.15, 0.2) is 0 Å². The fourth-order valence-corrected chi connectivity index (χ4v) is 3.03. The van der Waals surface area contributed by atoms with Crippen LogP contribution >= 0.6 is 11.8 Å². The van der Waals surface area contributed by atoms with E-state index in [1.807, 2.05) is 25.7 Å². The van der Waals surface area contributed by atoms with Gasteiger partial charge in [-0.15, -0.1) is 0 Å². The van der Waals surface area contributed by atoms with Gasteiger partial charge in [-0.2, -0.15) is 11.8 Å². The Bertz CT molecular complexity index is 314. The summed E-state index contributed by atoms with van der Waals surface area (Å²) in [7, 11) is 1.38. The molecule has 110 valence electrons. The lowest BCUT2D eigenvalue weighted by atomic mass is 10.2. The molecule has 3 unspecified atom stereocenters. The number of esters is 1. The molecule has 0 aromatic heterocycles. The molecule has 1 amide bonds. The fraction of sp³-hybridized carbons (Fsp3) is 0.846. The van der Waals surface area contributed by atoms with Crippen molar-refractivity contribution >= 4 is 23.6 Å². The van der Waals surface area contributed by atoms with Crippen LogP contribution < -0.4 is 0 Å². The van der Waals surface area contributed by atoms with Crippen LogP contribution in [0.25, 0.3) is 0 Å². The molecule has 0 radical (unpaired) electrons. The van der Waals surface area contributed by atoms with Gasteiger partial charge in [-0.25, -0.2) is 0 Å². The first-order chi connectivity index (χ1) is 8.93. The maximum Gasteiger partial charge on any atom is 0.309 e. The number of carbonyl (C=O) groups is 2. The normalized spacial score (nSPS) is 24.9. The molecular formula is C13H23NO4S. The van der Waals surface area contributed by atoms with Crippen LogP contribution in [0.3, 0.4) is 0 Å².